The summed E-state index contributed by atoms with van der Waals surface area (Å²) in [6.07, 6.45) is 0.838. The normalized spacial score (nSPS) is 12.4. The van der Waals surface area contributed by atoms with Crippen molar-refractivity contribution in [1.82, 2.24) is 5.32 Å². The predicted octanol–water partition coefficient (Wildman–Crippen LogP) is 0.509. The van der Waals surface area contributed by atoms with E-state index in [4.69, 9.17) is 5.11 Å². The van der Waals surface area contributed by atoms with Gasteiger partial charge in [-0.2, -0.15) is 0 Å². The number of nitrogens with one attached hydrogen (secondary N) is 1. The lowest BCUT2D eigenvalue weighted by Crippen LogP contribution is -2.25. The van der Waals surface area contributed by atoms with Crippen LogP contribution in [0.1, 0.15) is 11.6 Å². The standard InChI is InChI=1S/C10H13NO2/c12-7-6-11-10(8-13)9-4-2-1-3-5-9/h1-5,8,10-12H,6-7H2. The van der Waals surface area contributed by atoms with Crippen molar-refractivity contribution < 1.29 is 9.90 Å². The van der Waals surface area contributed by atoms with Gasteiger partial charge in [-0.15, -0.1) is 0 Å². The van der Waals surface area contributed by atoms with Crippen molar-refractivity contribution in [3.05, 3.63) is 35.9 Å². The predicted molar refractivity (Wildman–Crippen MR) is 50.3 cm³/mol. The molecule has 0 aliphatic rings. The molecule has 0 amide bonds. The van der Waals surface area contributed by atoms with Crippen LogP contribution in [0.2, 0.25) is 0 Å². The third-order valence-corrected chi connectivity index (χ3v) is 1.77. The van der Waals surface area contributed by atoms with Crippen LogP contribution in [0, 0.1) is 0 Å². The van der Waals surface area contributed by atoms with E-state index >= 15 is 0 Å². The highest BCUT2D eigenvalue weighted by molar-refractivity contribution is 5.61. The molecule has 0 saturated carbocycles. The summed E-state index contributed by atoms with van der Waals surface area (Å²) in [5, 5.41) is 11.5. The monoisotopic (exact) mass is 179 g/mol. The molecule has 2 N–H and O–H groups in total. The molecule has 0 bridgehead atoms. The fourth-order valence-electron chi connectivity index (χ4n) is 1.12. The van der Waals surface area contributed by atoms with Crippen LogP contribution in [0.25, 0.3) is 0 Å². The zero-order valence-electron chi connectivity index (χ0n) is 7.31. The van der Waals surface area contributed by atoms with Gasteiger partial charge in [0, 0.05) is 6.54 Å². The molecule has 1 rings (SSSR count). The maximum atomic E-state index is 10.7. The molecule has 1 atom stereocenters. The van der Waals surface area contributed by atoms with Crippen molar-refractivity contribution in [3.8, 4) is 0 Å². The summed E-state index contributed by atoms with van der Waals surface area (Å²) in [4.78, 5) is 10.7. The van der Waals surface area contributed by atoms with Gasteiger partial charge in [-0.05, 0) is 5.56 Å². The lowest BCUT2D eigenvalue weighted by Gasteiger charge is -2.11. The number of hydrogen-bond acceptors (Lipinski definition) is 3. The van der Waals surface area contributed by atoms with Gasteiger partial charge in [0.1, 0.15) is 6.29 Å². The topological polar surface area (TPSA) is 49.3 Å². The Morgan fingerprint density at radius 3 is 2.62 bits per heavy atom. The van der Waals surface area contributed by atoms with Crippen LogP contribution in [0.15, 0.2) is 30.3 Å². The van der Waals surface area contributed by atoms with Crippen LogP contribution in [-0.4, -0.2) is 24.5 Å². The molecule has 1 aromatic carbocycles. The second kappa shape index (κ2) is 5.45. The number of aliphatic hydroxyl groups excluding tert-OH is 1. The van der Waals surface area contributed by atoms with Crippen molar-refractivity contribution in [2.24, 2.45) is 0 Å². The molecular formula is C10H13NO2. The Balaban J connectivity index is 2.61. The first-order valence-corrected chi connectivity index (χ1v) is 4.23. The van der Waals surface area contributed by atoms with E-state index in [1.54, 1.807) is 0 Å². The van der Waals surface area contributed by atoms with E-state index in [0.29, 0.717) is 6.54 Å². The molecule has 13 heavy (non-hydrogen) atoms. The second-order valence-electron chi connectivity index (χ2n) is 2.70. The van der Waals surface area contributed by atoms with Crippen LogP contribution in [0.5, 0.6) is 0 Å². The molecule has 0 aliphatic heterocycles. The first-order valence-electron chi connectivity index (χ1n) is 4.23. The van der Waals surface area contributed by atoms with E-state index in [-0.39, 0.29) is 12.6 Å². The van der Waals surface area contributed by atoms with Crippen molar-refractivity contribution in [2.45, 2.75) is 6.04 Å². The number of carbonyl (C=O) groups excluding carboxylic acids is 1. The van der Waals surface area contributed by atoms with Gasteiger partial charge in [-0.1, -0.05) is 30.3 Å². The molecule has 0 radical (unpaired) electrons. The smallest absolute Gasteiger partial charge is 0.141 e. The fourth-order valence-corrected chi connectivity index (χ4v) is 1.12. The number of aldehydes is 1. The third kappa shape index (κ3) is 2.97. The van der Waals surface area contributed by atoms with Gasteiger partial charge < -0.3 is 15.2 Å². The summed E-state index contributed by atoms with van der Waals surface area (Å²) in [6.45, 7) is 0.468. The highest BCUT2D eigenvalue weighted by Gasteiger charge is 2.06. The van der Waals surface area contributed by atoms with Crippen molar-refractivity contribution in [1.29, 1.82) is 0 Å². The molecule has 3 nitrogen and oxygen atoms in total. The van der Waals surface area contributed by atoms with Gasteiger partial charge in [-0.25, -0.2) is 0 Å². The molecule has 3 heteroatoms. The van der Waals surface area contributed by atoms with Crippen LogP contribution >= 0.6 is 0 Å². The Morgan fingerprint density at radius 1 is 1.38 bits per heavy atom. The molecule has 70 valence electrons. The zero-order valence-corrected chi connectivity index (χ0v) is 7.31. The molecule has 0 saturated heterocycles. The number of rotatable bonds is 5. The molecule has 0 fully saturated rings. The van der Waals surface area contributed by atoms with Gasteiger partial charge in [-0.3, -0.25) is 0 Å². The summed E-state index contributed by atoms with van der Waals surface area (Å²) < 4.78 is 0. The molecule has 0 aromatic heterocycles. The van der Waals surface area contributed by atoms with E-state index in [1.165, 1.54) is 0 Å². The Kier molecular flexibility index (Phi) is 4.15. The first kappa shape index (κ1) is 9.89. The van der Waals surface area contributed by atoms with Gasteiger partial charge in [0.15, 0.2) is 0 Å². The van der Waals surface area contributed by atoms with Gasteiger partial charge in [0.05, 0.1) is 12.6 Å². The Labute approximate surface area is 77.4 Å². The van der Waals surface area contributed by atoms with Crippen LogP contribution in [0.3, 0.4) is 0 Å². The minimum absolute atomic E-state index is 0.0389. The number of benzene rings is 1. The number of carbonyl (C=O) groups is 1. The second-order valence-corrected chi connectivity index (χ2v) is 2.70. The number of aliphatic hydroxyl groups is 1. The Bertz CT molecular complexity index is 248. The van der Waals surface area contributed by atoms with Crippen LogP contribution in [-0.2, 0) is 4.79 Å². The van der Waals surface area contributed by atoms with Gasteiger partial charge in [0.2, 0.25) is 0 Å². The van der Waals surface area contributed by atoms with Gasteiger partial charge in [0.25, 0.3) is 0 Å². The van der Waals surface area contributed by atoms with Crippen molar-refractivity contribution in [2.75, 3.05) is 13.2 Å². The third-order valence-electron chi connectivity index (χ3n) is 1.77. The molecule has 1 unspecified atom stereocenters. The van der Waals surface area contributed by atoms with E-state index in [9.17, 15) is 4.79 Å². The quantitative estimate of drug-likeness (QED) is 0.647. The van der Waals surface area contributed by atoms with Crippen molar-refractivity contribution in [3.63, 3.8) is 0 Å². The average molecular weight is 179 g/mol. The minimum atomic E-state index is -0.312. The number of hydrogen-bond donors (Lipinski definition) is 2. The largest absolute Gasteiger partial charge is 0.395 e. The maximum absolute atomic E-state index is 10.7. The summed E-state index contributed by atoms with van der Waals surface area (Å²) >= 11 is 0. The summed E-state index contributed by atoms with van der Waals surface area (Å²) in [6, 6.07) is 9.11. The highest BCUT2D eigenvalue weighted by atomic mass is 16.3. The average Bonchev–Trinajstić information content (AvgIpc) is 2.21. The van der Waals surface area contributed by atoms with Crippen LogP contribution < -0.4 is 5.32 Å². The molecule has 0 heterocycles. The Morgan fingerprint density at radius 2 is 2.08 bits per heavy atom. The Hall–Kier alpha value is -1.19. The van der Waals surface area contributed by atoms with E-state index in [0.717, 1.165) is 11.8 Å². The molecule has 1 aromatic rings. The lowest BCUT2D eigenvalue weighted by atomic mass is 10.1. The van der Waals surface area contributed by atoms with E-state index in [2.05, 4.69) is 5.32 Å². The highest BCUT2D eigenvalue weighted by Crippen LogP contribution is 2.08. The van der Waals surface area contributed by atoms with Crippen LogP contribution in [0.4, 0.5) is 0 Å². The minimum Gasteiger partial charge on any atom is -0.395 e. The first-order chi connectivity index (χ1) is 6.38. The summed E-state index contributed by atoms with van der Waals surface area (Å²) in [5.41, 5.74) is 0.922. The van der Waals surface area contributed by atoms with Crippen molar-refractivity contribution >= 4 is 6.29 Å². The lowest BCUT2D eigenvalue weighted by molar-refractivity contribution is -0.109. The molecular weight excluding hydrogens is 166 g/mol. The maximum Gasteiger partial charge on any atom is 0.141 e. The van der Waals surface area contributed by atoms with Gasteiger partial charge >= 0.3 is 0 Å². The van der Waals surface area contributed by atoms with E-state index in [1.807, 2.05) is 30.3 Å². The summed E-state index contributed by atoms with van der Waals surface area (Å²) in [5.74, 6) is 0. The van der Waals surface area contributed by atoms with E-state index < -0.39 is 0 Å². The SMILES string of the molecule is O=CC(NCCO)c1ccccc1. The fraction of sp³-hybridized carbons (Fsp3) is 0.300. The molecule has 0 spiro atoms. The summed E-state index contributed by atoms with van der Waals surface area (Å²) in [7, 11) is 0. The molecule has 0 aliphatic carbocycles. The zero-order chi connectivity index (χ0) is 9.52.